The summed E-state index contributed by atoms with van der Waals surface area (Å²) in [4.78, 5) is 20.7. The molecule has 0 saturated heterocycles. The van der Waals surface area contributed by atoms with Crippen LogP contribution in [0.4, 0.5) is 0 Å². The summed E-state index contributed by atoms with van der Waals surface area (Å²) in [6.07, 6.45) is 17.2. The van der Waals surface area contributed by atoms with E-state index in [4.69, 9.17) is 10.2 Å². The molecule has 0 aromatic carbocycles. The Morgan fingerprint density at radius 3 is 1.16 bits per heavy atom. The SMILES string of the molecule is CCCCCC(C(=O)O)C(=O)O.CCCCCCCCCCCC.[CaH2]. The van der Waals surface area contributed by atoms with Crippen LogP contribution in [0.5, 0.6) is 0 Å². The quantitative estimate of drug-likeness (QED) is 0.226. The van der Waals surface area contributed by atoms with Crippen LogP contribution in [0, 0.1) is 5.92 Å². The fourth-order valence-corrected chi connectivity index (χ4v) is 2.51. The van der Waals surface area contributed by atoms with Crippen LogP contribution in [0.2, 0.25) is 0 Å². The third-order valence-corrected chi connectivity index (χ3v) is 4.15. The van der Waals surface area contributed by atoms with E-state index in [1.54, 1.807) is 0 Å². The molecule has 0 atom stereocenters. The Morgan fingerprint density at radius 1 is 0.600 bits per heavy atom. The van der Waals surface area contributed by atoms with E-state index < -0.39 is 17.9 Å². The molecule has 0 aromatic rings. The van der Waals surface area contributed by atoms with Crippen LogP contribution < -0.4 is 0 Å². The van der Waals surface area contributed by atoms with Crippen molar-refractivity contribution in [1.29, 1.82) is 0 Å². The van der Waals surface area contributed by atoms with E-state index in [0.29, 0.717) is 6.42 Å². The third-order valence-electron chi connectivity index (χ3n) is 4.15. The number of unbranched alkanes of at least 4 members (excludes halogenated alkanes) is 11. The van der Waals surface area contributed by atoms with Gasteiger partial charge in [0.05, 0.1) is 0 Å². The molecule has 0 saturated carbocycles. The molecule has 0 amide bonds. The van der Waals surface area contributed by atoms with Gasteiger partial charge in [0.2, 0.25) is 0 Å². The number of hydrogen-bond donors (Lipinski definition) is 2. The van der Waals surface area contributed by atoms with Gasteiger partial charge in [-0.2, -0.15) is 0 Å². The molecule has 4 nitrogen and oxygen atoms in total. The first-order valence-electron chi connectivity index (χ1n) is 9.96. The van der Waals surface area contributed by atoms with Gasteiger partial charge in [0.25, 0.3) is 0 Å². The first-order chi connectivity index (χ1) is 11.5. The second-order valence-corrected chi connectivity index (χ2v) is 6.55. The zero-order chi connectivity index (χ0) is 18.6. The second kappa shape index (κ2) is 24.2. The van der Waals surface area contributed by atoms with Gasteiger partial charge < -0.3 is 10.2 Å². The van der Waals surface area contributed by atoms with Gasteiger partial charge in [0.1, 0.15) is 0 Å². The molecule has 0 unspecified atom stereocenters. The van der Waals surface area contributed by atoms with Crippen LogP contribution >= 0.6 is 0 Å². The molecule has 0 aliphatic rings. The Labute approximate surface area is 185 Å². The second-order valence-electron chi connectivity index (χ2n) is 6.55. The van der Waals surface area contributed by atoms with E-state index >= 15 is 0 Å². The van der Waals surface area contributed by atoms with Crippen molar-refractivity contribution >= 4 is 49.7 Å². The average Bonchev–Trinajstić information content (AvgIpc) is 2.54. The molecule has 0 aliphatic heterocycles. The molecular weight excluding hydrogens is 344 g/mol. The molecule has 0 aromatic heterocycles. The molecule has 0 aliphatic carbocycles. The molecule has 0 bridgehead atoms. The number of aliphatic carboxylic acids is 2. The van der Waals surface area contributed by atoms with Crippen LogP contribution in [-0.4, -0.2) is 59.9 Å². The summed E-state index contributed by atoms with van der Waals surface area (Å²) in [5.41, 5.74) is 0. The van der Waals surface area contributed by atoms with Crippen molar-refractivity contribution in [1.82, 2.24) is 0 Å². The van der Waals surface area contributed by atoms with E-state index in [0.717, 1.165) is 12.8 Å². The maximum absolute atomic E-state index is 10.4. The Bertz CT molecular complexity index is 271. The number of carbonyl (C=O) groups is 2. The van der Waals surface area contributed by atoms with Gasteiger partial charge in [0, 0.05) is 0 Å². The molecule has 0 fully saturated rings. The molecule has 0 heterocycles. The number of rotatable bonds is 15. The number of hydrogen-bond acceptors (Lipinski definition) is 2. The predicted molar refractivity (Wildman–Crippen MR) is 109 cm³/mol. The predicted octanol–water partition coefficient (Wildman–Crippen LogP) is 5.36. The molecule has 25 heavy (non-hydrogen) atoms. The van der Waals surface area contributed by atoms with Crippen molar-refractivity contribution in [3.05, 3.63) is 0 Å². The van der Waals surface area contributed by atoms with Crippen LogP contribution in [0.15, 0.2) is 0 Å². The Morgan fingerprint density at radius 2 is 0.880 bits per heavy atom. The number of carboxylic acids is 2. The Balaban J connectivity index is -0.000000372. The van der Waals surface area contributed by atoms with Crippen molar-refractivity contribution in [2.24, 2.45) is 5.92 Å². The summed E-state index contributed by atoms with van der Waals surface area (Å²) in [7, 11) is 0. The van der Waals surface area contributed by atoms with Gasteiger partial charge in [0.15, 0.2) is 5.92 Å². The normalized spacial score (nSPS) is 9.92. The molecule has 0 radical (unpaired) electrons. The van der Waals surface area contributed by atoms with E-state index in [1.165, 1.54) is 64.2 Å². The zero-order valence-electron chi connectivity index (χ0n) is 16.2. The van der Waals surface area contributed by atoms with Crippen molar-refractivity contribution < 1.29 is 19.8 Å². The molecular formula is C20H42CaO4. The standard InChI is InChI=1S/C12H26.C8H14O4.Ca.2H/c1-3-5-7-9-11-12-10-8-6-4-2;1-2-3-4-5-6(7(9)10)8(11)12;;;/h3-12H2,1-2H3;6H,2-5H2,1H3,(H,9,10)(H,11,12);;;. The molecule has 0 spiro atoms. The minimum atomic E-state index is -1.24. The van der Waals surface area contributed by atoms with Gasteiger partial charge in [-0.15, -0.1) is 0 Å². The van der Waals surface area contributed by atoms with Gasteiger partial charge in [-0.25, -0.2) is 0 Å². The monoisotopic (exact) mass is 386 g/mol. The van der Waals surface area contributed by atoms with Crippen molar-refractivity contribution in [3.8, 4) is 0 Å². The van der Waals surface area contributed by atoms with Gasteiger partial charge in [-0.3, -0.25) is 9.59 Å². The van der Waals surface area contributed by atoms with E-state index in [1.807, 2.05) is 6.92 Å². The topological polar surface area (TPSA) is 74.6 Å². The Kier molecular flexibility index (Phi) is 29.0. The van der Waals surface area contributed by atoms with Crippen molar-refractivity contribution in [2.75, 3.05) is 0 Å². The van der Waals surface area contributed by atoms with Crippen LogP contribution in [0.25, 0.3) is 0 Å². The fourth-order valence-electron chi connectivity index (χ4n) is 2.51. The summed E-state index contributed by atoms with van der Waals surface area (Å²) in [6, 6.07) is 0. The zero-order valence-corrected chi connectivity index (χ0v) is 16.2. The van der Waals surface area contributed by atoms with Gasteiger partial charge in [-0.05, 0) is 6.42 Å². The van der Waals surface area contributed by atoms with Crippen molar-refractivity contribution in [3.63, 3.8) is 0 Å². The molecule has 148 valence electrons. The minimum absolute atomic E-state index is 0. The third kappa shape index (κ3) is 24.2. The average molecular weight is 387 g/mol. The first-order valence-corrected chi connectivity index (χ1v) is 9.96. The van der Waals surface area contributed by atoms with E-state index in [9.17, 15) is 9.59 Å². The van der Waals surface area contributed by atoms with E-state index in [2.05, 4.69) is 13.8 Å². The molecule has 2 N–H and O–H groups in total. The molecule has 5 heteroatoms. The maximum atomic E-state index is 10.4. The van der Waals surface area contributed by atoms with Crippen LogP contribution in [0.1, 0.15) is 111 Å². The van der Waals surface area contributed by atoms with Crippen molar-refractivity contribution in [2.45, 2.75) is 111 Å². The van der Waals surface area contributed by atoms with Crippen LogP contribution in [0.3, 0.4) is 0 Å². The van der Waals surface area contributed by atoms with Gasteiger partial charge >= 0.3 is 49.7 Å². The van der Waals surface area contributed by atoms with E-state index in [-0.39, 0.29) is 44.2 Å². The summed E-state index contributed by atoms with van der Waals surface area (Å²) < 4.78 is 0. The summed E-state index contributed by atoms with van der Waals surface area (Å²) in [5.74, 6) is -3.70. The van der Waals surface area contributed by atoms with Crippen LogP contribution in [-0.2, 0) is 9.59 Å². The summed E-state index contributed by atoms with van der Waals surface area (Å²) in [5, 5.41) is 16.9. The summed E-state index contributed by atoms with van der Waals surface area (Å²) >= 11 is 0. The fraction of sp³-hybridized carbons (Fsp3) is 0.900. The number of carboxylic acid groups (broad SMARTS) is 2. The Hall–Kier alpha value is 0.200. The van der Waals surface area contributed by atoms with Gasteiger partial charge in [-0.1, -0.05) is 104 Å². The molecule has 0 rings (SSSR count). The summed E-state index contributed by atoms with van der Waals surface area (Å²) in [6.45, 7) is 6.54. The first kappa shape index (κ1) is 29.9.